The third-order valence-electron chi connectivity index (χ3n) is 5.21. The summed E-state index contributed by atoms with van der Waals surface area (Å²) in [4.78, 5) is 11.0. The predicted molar refractivity (Wildman–Crippen MR) is 121 cm³/mol. The second-order valence-corrected chi connectivity index (χ2v) is 9.27. The molecular formula is C24H20F2N2O4S. The number of hydrogen-bond donors (Lipinski definition) is 2. The summed E-state index contributed by atoms with van der Waals surface area (Å²) in [7, 11) is -3.93. The van der Waals surface area contributed by atoms with Gasteiger partial charge in [0.2, 0.25) is 0 Å². The van der Waals surface area contributed by atoms with Gasteiger partial charge in [0.15, 0.2) is 0 Å². The van der Waals surface area contributed by atoms with Gasteiger partial charge in [-0.05, 0) is 72.1 Å². The number of carboxylic acid groups (broad SMARTS) is 1. The second kappa shape index (κ2) is 9.03. The molecule has 4 rings (SSSR count). The van der Waals surface area contributed by atoms with Crippen molar-refractivity contribution in [3.8, 4) is 0 Å². The number of anilines is 1. The van der Waals surface area contributed by atoms with E-state index in [2.05, 4.69) is 4.72 Å². The lowest BCUT2D eigenvalue weighted by Crippen LogP contribution is -2.12. The molecule has 0 aliphatic heterocycles. The van der Waals surface area contributed by atoms with Crippen LogP contribution in [0.2, 0.25) is 0 Å². The number of rotatable bonds is 8. The summed E-state index contributed by atoms with van der Waals surface area (Å²) in [5, 5.41) is 9.80. The Morgan fingerprint density at radius 1 is 0.939 bits per heavy atom. The largest absolute Gasteiger partial charge is 0.481 e. The normalized spacial score (nSPS) is 11.6. The smallest absolute Gasteiger partial charge is 0.305 e. The van der Waals surface area contributed by atoms with Gasteiger partial charge in [-0.1, -0.05) is 12.1 Å². The number of sulfonamides is 1. The van der Waals surface area contributed by atoms with Crippen LogP contribution in [0.5, 0.6) is 0 Å². The summed E-state index contributed by atoms with van der Waals surface area (Å²) in [6.07, 6.45) is 2.21. The zero-order valence-electron chi connectivity index (χ0n) is 17.3. The van der Waals surface area contributed by atoms with Gasteiger partial charge in [-0.15, -0.1) is 0 Å². The van der Waals surface area contributed by atoms with Gasteiger partial charge in [0, 0.05) is 29.3 Å². The van der Waals surface area contributed by atoms with E-state index in [0.717, 1.165) is 34.2 Å². The molecule has 0 radical (unpaired) electrons. The molecule has 0 saturated heterocycles. The summed E-state index contributed by atoms with van der Waals surface area (Å²) in [6, 6.07) is 15.5. The van der Waals surface area contributed by atoms with Crippen molar-refractivity contribution in [2.24, 2.45) is 0 Å². The maximum absolute atomic E-state index is 13.3. The van der Waals surface area contributed by atoms with E-state index in [4.69, 9.17) is 5.11 Å². The van der Waals surface area contributed by atoms with E-state index in [1.807, 2.05) is 6.20 Å². The molecule has 0 atom stereocenters. The number of nitrogens with zero attached hydrogens (tertiary/aromatic N) is 1. The summed E-state index contributed by atoms with van der Waals surface area (Å²) in [5.41, 5.74) is 2.75. The molecule has 0 spiro atoms. The van der Waals surface area contributed by atoms with Gasteiger partial charge in [-0.25, -0.2) is 17.2 Å². The molecule has 170 valence electrons. The molecule has 0 amide bonds. The molecule has 3 aromatic carbocycles. The number of nitrogens with one attached hydrogen (secondary N) is 1. The zero-order valence-corrected chi connectivity index (χ0v) is 18.1. The number of halogens is 2. The van der Waals surface area contributed by atoms with E-state index < -0.39 is 21.8 Å². The number of benzene rings is 3. The van der Waals surface area contributed by atoms with Gasteiger partial charge in [-0.3, -0.25) is 9.52 Å². The molecule has 1 heterocycles. The Morgan fingerprint density at radius 2 is 1.58 bits per heavy atom. The standard InChI is InChI=1S/C24H20F2N2O4S/c25-18-3-1-16(2-4-18)13-17-15-28(12-11-24(29)30)23-10-7-20(14-22(17)23)27-33(31,32)21-8-5-19(26)6-9-21/h1-10,14-15,27H,11-13H2,(H,29,30). The van der Waals surface area contributed by atoms with E-state index in [0.29, 0.717) is 12.1 Å². The molecule has 33 heavy (non-hydrogen) atoms. The fourth-order valence-electron chi connectivity index (χ4n) is 3.63. The number of fused-ring (bicyclic) bond motifs is 1. The lowest BCUT2D eigenvalue weighted by molar-refractivity contribution is -0.137. The Bertz CT molecular complexity index is 1410. The minimum atomic E-state index is -3.93. The molecule has 0 saturated carbocycles. The first-order valence-electron chi connectivity index (χ1n) is 10.1. The maximum Gasteiger partial charge on any atom is 0.305 e. The van der Waals surface area contributed by atoms with Crippen LogP contribution in [0.3, 0.4) is 0 Å². The lowest BCUT2D eigenvalue weighted by Gasteiger charge is -2.09. The molecule has 4 aromatic rings. The van der Waals surface area contributed by atoms with Crippen molar-refractivity contribution >= 4 is 32.6 Å². The molecule has 0 unspecified atom stereocenters. The summed E-state index contributed by atoms with van der Waals surface area (Å²) >= 11 is 0. The van der Waals surface area contributed by atoms with Crippen LogP contribution < -0.4 is 4.72 Å². The Morgan fingerprint density at radius 3 is 2.21 bits per heavy atom. The Hall–Kier alpha value is -3.72. The average molecular weight is 470 g/mol. The van der Waals surface area contributed by atoms with Crippen molar-refractivity contribution in [3.05, 3.63) is 95.7 Å². The number of aromatic nitrogens is 1. The number of aliphatic carboxylic acids is 1. The minimum absolute atomic E-state index is 0.0707. The SMILES string of the molecule is O=C(O)CCn1cc(Cc2ccc(F)cc2)c2cc(NS(=O)(=O)c3ccc(F)cc3)ccc21. The van der Waals surface area contributed by atoms with Crippen molar-refractivity contribution in [1.82, 2.24) is 4.57 Å². The van der Waals surface area contributed by atoms with Crippen molar-refractivity contribution < 1.29 is 27.1 Å². The highest BCUT2D eigenvalue weighted by Gasteiger charge is 2.16. The van der Waals surface area contributed by atoms with E-state index >= 15 is 0 Å². The molecule has 0 bridgehead atoms. The van der Waals surface area contributed by atoms with Crippen LogP contribution >= 0.6 is 0 Å². The molecule has 1 aromatic heterocycles. The quantitative estimate of drug-likeness (QED) is 0.388. The lowest BCUT2D eigenvalue weighted by atomic mass is 10.0. The van der Waals surface area contributed by atoms with Gasteiger partial charge in [0.05, 0.1) is 11.3 Å². The van der Waals surface area contributed by atoms with Gasteiger partial charge in [0.1, 0.15) is 11.6 Å². The summed E-state index contributed by atoms with van der Waals surface area (Å²) in [5.74, 6) is -1.82. The van der Waals surface area contributed by atoms with E-state index in [1.165, 1.54) is 24.3 Å². The van der Waals surface area contributed by atoms with Crippen molar-refractivity contribution in [2.45, 2.75) is 24.3 Å². The zero-order chi connectivity index (χ0) is 23.6. The van der Waals surface area contributed by atoms with Gasteiger partial charge < -0.3 is 9.67 Å². The number of carbonyl (C=O) groups is 1. The Labute approximate surface area is 189 Å². The van der Waals surface area contributed by atoms with Crippen LogP contribution in [0, 0.1) is 11.6 Å². The molecule has 6 nitrogen and oxygen atoms in total. The highest BCUT2D eigenvalue weighted by molar-refractivity contribution is 7.92. The summed E-state index contributed by atoms with van der Waals surface area (Å²) in [6.45, 7) is 0.246. The summed E-state index contributed by atoms with van der Waals surface area (Å²) < 4.78 is 56.2. The molecule has 9 heteroatoms. The monoisotopic (exact) mass is 470 g/mol. The van der Waals surface area contributed by atoms with E-state index in [1.54, 1.807) is 34.9 Å². The Kier molecular flexibility index (Phi) is 6.15. The van der Waals surface area contributed by atoms with Crippen LogP contribution in [-0.2, 0) is 27.8 Å². The van der Waals surface area contributed by atoms with E-state index in [9.17, 15) is 22.0 Å². The van der Waals surface area contributed by atoms with Crippen LogP contribution in [0.1, 0.15) is 17.5 Å². The van der Waals surface area contributed by atoms with Crippen molar-refractivity contribution in [2.75, 3.05) is 4.72 Å². The van der Waals surface area contributed by atoms with Crippen LogP contribution in [0.4, 0.5) is 14.5 Å². The first-order chi connectivity index (χ1) is 15.7. The second-order valence-electron chi connectivity index (χ2n) is 7.59. The number of aryl methyl sites for hydroxylation is 1. The predicted octanol–water partition coefficient (Wildman–Crippen LogP) is 4.79. The van der Waals surface area contributed by atoms with Crippen LogP contribution in [0.15, 0.2) is 77.8 Å². The fraction of sp³-hybridized carbons (Fsp3) is 0.125. The third-order valence-corrected chi connectivity index (χ3v) is 6.61. The van der Waals surface area contributed by atoms with Crippen molar-refractivity contribution in [3.63, 3.8) is 0 Å². The third kappa shape index (κ3) is 5.20. The van der Waals surface area contributed by atoms with Crippen LogP contribution in [0.25, 0.3) is 10.9 Å². The average Bonchev–Trinajstić information content (AvgIpc) is 3.10. The number of carboxylic acids is 1. The van der Waals surface area contributed by atoms with Gasteiger partial charge >= 0.3 is 5.97 Å². The van der Waals surface area contributed by atoms with Gasteiger partial charge in [0.25, 0.3) is 10.0 Å². The first kappa shape index (κ1) is 22.5. The fourth-order valence-corrected chi connectivity index (χ4v) is 4.68. The molecule has 0 fully saturated rings. The first-order valence-corrected chi connectivity index (χ1v) is 11.6. The number of hydrogen-bond acceptors (Lipinski definition) is 3. The topological polar surface area (TPSA) is 88.4 Å². The van der Waals surface area contributed by atoms with Crippen molar-refractivity contribution in [1.29, 1.82) is 0 Å². The molecular weight excluding hydrogens is 450 g/mol. The van der Waals surface area contributed by atoms with Crippen LogP contribution in [-0.4, -0.2) is 24.1 Å². The molecule has 0 aliphatic rings. The Balaban J connectivity index is 1.71. The van der Waals surface area contributed by atoms with E-state index in [-0.39, 0.29) is 23.7 Å². The minimum Gasteiger partial charge on any atom is -0.481 e. The molecule has 0 aliphatic carbocycles. The highest BCUT2D eigenvalue weighted by atomic mass is 32.2. The highest BCUT2D eigenvalue weighted by Crippen LogP contribution is 2.28. The van der Waals surface area contributed by atoms with Gasteiger partial charge in [-0.2, -0.15) is 0 Å². The molecule has 2 N–H and O–H groups in total. The maximum atomic E-state index is 13.3.